The van der Waals surface area contributed by atoms with Crippen molar-refractivity contribution in [3.63, 3.8) is 0 Å². The van der Waals surface area contributed by atoms with E-state index in [1.807, 2.05) is 18.4 Å². The predicted octanol–water partition coefficient (Wildman–Crippen LogP) is 2.65. The molecule has 2 fully saturated rings. The molecule has 0 radical (unpaired) electrons. The zero-order valence-corrected chi connectivity index (χ0v) is 11.2. The van der Waals surface area contributed by atoms with Crippen molar-refractivity contribution in [3.05, 3.63) is 23.8 Å². The number of benzene rings is 1. The Morgan fingerprint density at radius 1 is 1.33 bits per heavy atom. The third-order valence-electron chi connectivity index (χ3n) is 3.72. The highest BCUT2D eigenvalue weighted by molar-refractivity contribution is 7.98. The SMILES string of the molecule is CSc1cccc(N2CC3CCC(C2)O3)c1C#N. The first kappa shape index (κ1) is 11.9. The Morgan fingerprint density at radius 3 is 2.67 bits per heavy atom. The molecule has 0 spiro atoms. The van der Waals surface area contributed by atoms with Gasteiger partial charge < -0.3 is 9.64 Å². The van der Waals surface area contributed by atoms with Crippen LogP contribution < -0.4 is 4.90 Å². The van der Waals surface area contributed by atoms with E-state index < -0.39 is 0 Å². The molecule has 2 aliphatic rings. The van der Waals surface area contributed by atoms with E-state index in [-0.39, 0.29) is 0 Å². The molecule has 0 saturated carbocycles. The molecule has 3 nitrogen and oxygen atoms in total. The van der Waals surface area contributed by atoms with Gasteiger partial charge in [-0.3, -0.25) is 0 Å². The first-order valence-electron chi connectivity index (χ1n) is 6.29. The third kappa shape index (κ3) is 1.98. The van der Waals surface area contributed by atoms with Crippen LogP contribution in [0.4, 0.5) is 5.69 Å². The highest BCUT2D eigenvalue weighted by Crippen LogP contribution is 2.34. The minimum atomic E-state index is 0.355. The summed E-state index contributed by atoms with van der Waals surface area (Å²) in [5.41, 5.74) is 1.89. The molecule has 3 rings (SSSR count). The Labute approximate surface area is 112 Å². The molecule has 2 aliphatic heterocycles. The topological polar surface area (TPSA) is 36.3 Å². The Bertz CT molecular complexity index is 485. The van der Waals surface area contributed by atoms with Crippen LogP contribution in [0.25, 0.3) is 0 Å². The molecule has 4 heteroatoms. The van der Waals surface area contributed by atoms with Gasteiger partial charge in [-0.1, -0.05) is 6.07 Å². The van der Waals surface area contributed by atoms with Crippen molar-refractivity contribution in [1.29, 1.82) is 5.26 Å². The quantitative estimate of drug-likeness (QED) is 0.766. The zero-order valence-electron chi connectivity index (χ0n) is 10.4. The lowest BCUT2D eigenvalue weighted by Gasteiger charge is -2.34. The number of nitrogens with zero attached hydrogens (tertiary/aromatic N) is 2. The van der Waals surface area contributed by atoms with Gasteiger partial charge in [0.15, 0.2) is 0 Å². The molecule has 1 aromatic carbocycles. The number of nitriles is 1. The lowest BCUT2D eigenvalue weighted by Crippen LogP contribution is -2.43. The first-order valence-corrected chi connectivity index (χ1v) is 7.52. The summed E-state index contributed by atoms with van der Waals surface area (Å²) < 4.78 is 5.85. The first-order chi connectivity index (χ1) is 8.81. The summed E-state index contributed by atoms with van der Waals surface area (Å²) in [7, 11) is 0. The minimum Gasteiger partial charge on any atom is -0.371 e. The maximum Gasteiger partial charge on any atom is 0.103 e. The standard InChI is InChI=1S/C14H16N2OS/c1-18-14-4-2-3-13(12(14)7-15)16-8-10-5-6-11(9-16)17-10/h2-4,10-11H,5-6,8-9H2,1H3. The second kappa shape index (κ2) is 4.83. The van der Waals surface area contributed by atoms with Crippen molar-refractivity contribution in [2.75, 3.05) is 24.2 Å². The Kier molecular flexibility index (Phi) is 3.19. The molecule has 2 atom stereocenters. The number of ether oxygens (including phenoxy) is 1. The number of rotatable bonds is 2. The summed E-state index contributed by atoms with van der Waals surface area (Å²) in [4.78, 5) is 3.39. The normalized spacial score (nSPS) is 26.1. The van der Waals surface area contributed by atoms with Crippen LogP contribution in [-0.4, -0.2) is 31.6 Å². The van der Waals surface area contributed by atoms with Crippen LogP contribution in [0, 0.1) is 11.3 Å². The van der Waals surface area contributed by atoms with E-state index in [0.29, 0.717) is 12.2 Å². The van der Waals surface area contributed by atoms with Crippen LogP contribution in [0.5, 0.6) is 0 Å². The maximum atomic E-state index is 9.39. The summed E-state index contributed by atoms with van der Waals surface area (Å²) in [6, 6.07) is 8.47. The Morgan fingerprint density at radius 2 is 2.06 bits per heavy atom. The van der Waals surface area contributed by atoms with E-state index in [4.69, 9.17) is 4.74 Å². The van der Waals surface area contributed by atoms with Gasteiger partial charge in [-0.05, 0) is 31.2 Å². The lowest BCUT2D eigenvalue weighted by atomic mass is 10.1. The number of hydrogen-bond acceptors (Lipinski definition) is 4. The molecule has 1 aromatic rings. The van der Waals surface area contributed by atoms with Crippen LogP contribution in [-0.2, 0) is 4.74 Å². The summed E-state index contributed by atoms with van der Waals surface area (Å²) in [5, 5.41) is 9.39. The minimum absolute atomic E-state index is 0.355. The average Bonchev–Trinajstić information content (AvgIpc) is 2.76. The van der Waals surface area contributed by atoms with Gasteiger partial charge in [-0.15, -0.1) is 11.8 Å². The molecule has 2 bridgehead atoms. The summed E-state index contributed by atoms with van der Waals surface area (Å²) in [5.74, 6) is 0. The van der Waals surface area contributed by atoms with Gasteiger partial charge in [0.2, 0.25) is 0 Å². The van der Waals surface area contributed by atoms with Crippen molar-refractivity contribution >= 4 is 17.4 Å². The highest BCUT2D eigenvalue weighted by Gasteiger charge is 2.34. The molecule has 0 aliphatic carbocycles. The number of thioether (sulfide) groups is 1. The highest BCUT2D eigenvalue weighted by atomic mass is 32.2. The molecule has 0 aromatic heterocycles. The van der Waals surface area contributed by atoms with Gasteiger partial charge in [-0.25, -0.2) is 0 Å². The molecule has 2 saturated heterocycles. The summed E-state index contributed by atoms with van der Waals surface area (Å²) in [6.45, 7) is 1.84. The van der Waals surface area contributed by atoms with Gasteiger partial charge in [0.25, 0.3) is 0 Å². The Hall–Kier alpha value is -1.18. The van der Waals surface area contributed by atoms with Gasteiger partial charge in [0, 0.05) is 18.0 Å². The summed E-state index contributed by atoms with van der Waals surface area (Å²) >= 11 is 1.63. The molecular weight excluding hydrogens is 244 g/mol. The van der Waals surface area contributed by atoms with Gasteiger partial charge in [0.1, 0.15) is 6.07 Å². The molecule has 0 N–H and O–H groups in total. The third-order valence-corrected chi connectivity index (χ3v) is 4.50. The van der Waals surface area contributed by atoms with Crippen molar-refractivity contribution in [2.24, 2.45) is 0 Å². The second-order valence-electron chi connectivity index (χ2n) is 4.83. The van der Waals surface area contributed by atoms with Crippen LogP contribution in [0.2, 0.25) is 0 Å². The largest absolute Gasteiger partial charge is 0.371 e. The fraction of sp³-hybridized carbons (Fsp3) is 0.500. The van der Waals surface area contributed by atoms with Gasteiger partial charge >= 0.3 is 0 Å². The average molecular weight is 260 g/mol. The lowest BCUT2D eigenvalue weighted by molar-refractivity contribution is 0.0304. The van der Waals surface area contributed by atoms with E-state index in [1.165, 1.54) is 0 Å². The molecular formula is C14H16N2OS. The summed E-state index contributed by atoms with van der Waals surface area (Å²) in [6.07, 6.45) is 5.04. The van der Waals surface area contributed by atoms with E-state index in [1.54, 1.807) is 11.8 Å². The maximum absolute atomic E-state index is 9.39. The van der Waals surface area contributed by atoms with E-state index in [0.717, 1.165) is 42.1 Å². The molecule has 2 unspecified atom stereocenters. The van der Waals surface area contributed by atoms with Gasteiger partial charge in [-0.2, -0.15) is 5.26 Å². The van der Waals surface area contributed by atoms with Crippen LogP contribution in [0.3, 0.4) is 0 Å². The van der Waals surface area contributed by atoms with Crippen molar-refractivity contribution < 1.29 is 4.74 Å². The smallest absolute Gasteiger partial charge is 0.103 e. The van der Waals surface area contributed by atoms with Crippen LogP contribution in [0.1, 0.15) is 18.4 Å². The number of morpholine rings is 1. The van der Waals surface area contributed by atoms with Crippen LogP contribution >= 0.6 is 11.8 Å². The van der Waals surface area contributed by atoms with Crippen molar-refractivity contribution in [3.8, 4) is 6.07 Å². The number of hydrogen-bond donors (Lipinski definition) is 0. The second-order valence-corrected chi connectivity index (χ2v) is 5.68. The van der Waals surface area contributed by atoms with Gasteiger partial charge in [0.05, 0.1) is 23.5 Å². The molecule has 0 amide bonds. The van der Waals surface area contributed by atoms with E-state index in [2.05, 4.69) is 17.0 Å². The van der Waals surface area contributed by atoms with E-state index >= 15 is 0 Å². The monoisotopic (exact) mass is 260 g/mol. The fourth-order valence-corrected chi connectivity index (χ4v) is 3.45. The van der Waals surface area contributed by atoms with Crippen LogP contribution in [0.15, 0.2) is 23.1 Å². The van der Waals surface area contributed by atoms with Crippen molar-refractivity contribution in [2.45, 2.75) is 29.9 Å². The molecule has 18 heavy (non-hydrogen) atoms. The predicted molar refractivity (Wildman–Crippen MR) is 73.0 cm³/mol. The zero-order chi connectivity index (χ0) is 12.5. The molecule has 2 heterocycles. The van der Waals surface area contributed by atoms with E-state index in [9.17, 15) is 5.26 Å². The Balaban J connectivity index is 1.95. The fourth-order valence-electron chi connectivity index (χ4n) is 2.88. The molecule has 94 valence electrons. The number of anilines is 1. The number of fused-ring (bicyclic) bond motifs is 2. The van der Waals surface area contributed by atoms with Crippen molar-refractivity contribution in [1.82, 2.24) is 0 Å².